The van der Waals surface area contributed by atoms with Crippen molar-refractivity contribution < 1.29 is 19.1 Å². The predicted molar refractivity (Wildman–Crippen MR) is 141 cm³/mol. The lowest BCUT2D eigenvalue weighted by atomic mass is 9.96. The zero-order chi connectivity index (χ0) is 26.4. The topological polar surface area (TPSA) is 87.7 Å². The van der Waals surface area contributed by atoms with Crippen LogP contribution in [0.3, 0.4) is 0 Å². The molecule has 2 unspecified atom stereocenters. The standard InChI is InChI=1S/C27H39N3O4S/c1-9-18-12-10-11-13-20(18)22(23(31)29-26(2,3)4)30(19-14-15-19)24(32)21(16-17-35-8)28-25(33)34-27(5,6)7/h1,10-13,19,21-22H,14-17H2,2-8H3,(H,28,33)(H,29,31). The molecule has 0 heterocycles. The molecule has 8 heteroatoms. The van der Waals surface area contributed by atoms with Crippen LogP contribution < -0.4 is 10.6 Å². The van der Waals surface area contributed by atoms with E-state index < -0.39 is 29.3 Å². The van der Waals surface area contributed by atoms with Gasteiger partial charge in [0.2, 0.25) is 11.8 Å². The molecular formula is C27H39N3O4S. The summed E-state index contributed by atoms with van der Waals surface area (Å²) in [5.41, 5.74) is -0.0569. The van der Waals surface area contributed by atoms with E-state index in [9.17, 15) is 14.4 Å². The molecule has 2 rings (SSSR count). The number of alkyl carbamates (subject to hydrolysis) is 1. The van der Waals surface area contributed by atoms with Crippen LogP contribution in [0.1, 0.15) is 78.0 Å². The molecule has 0 aliphatic heterocycles. The molecule has 1 fully saturated rings. The Morgan fingerprint density at radius 3 is 2.31 bits per heavy atom. The third-order valence-electron chi connectivity index (χ3n) is 5.23. The molecule has 0 aromatic heterocycles. The second kappa shape index (κ2) is 11.9. The Kier molecular flexibility index (Phi) is 9.68. The van der Waals surface area contributed by atoms with Crippen molar-refractivity contribution in [3.05, 3.63) is 35.4 Å². The molecule has 2 N–H and O–H groups in total. The molecular weight excluding hydrogens is 462 g/mol. The van der Waals surface area contributed by atoms with Gasteiger partial charge in [-0.05, 0) is 84.4 Å². The molecule has 1 aromatic carbocycles. The van der Waals surface area contributed by atoms with Gasteiger partial charge < -0.3 is 20.3 Å². The van der Waals surface area contributed by atoms with Crippen LogP contribution in [0, 0.1) is 12.3 Å². The van der Waals surface area contributed by atoms with Crippen molar-refractivity contribution in [2.75, 3.05) is 12.0 Å². The van der Waals surface area contributed by atoms with Gasteiger partial charge in [-0.1, -0.05) is 24.1 Å². The number of hydrogen-bond acceptors (Lipinski definition) is 5. The predicted octanol–water partition coefficient (Wildman–Crippen LogP) is 4.26. The summed E-state index contributed by atoms with van der Waals surface area (Å²) in [7, 11) is 0. The first-order valence-corrected chi connectivity index (χ1v) is 13.3. The Bertz CT molecular complexity index is 954. The highest BCUT2D eigenvalue weighted by molar-refractivity contribution is 7.98. The normalized spacial score (nSPS) is 15.4. The van der Waals surface area contributed by atoms with E-state index in [2.05, 4.69) is 16.6 Å². The molecule has 2 atom stereocenters. The van der Waals surface area contributed by atoms with E-state index in [1.807, 2.05) is 39.2 Å². The number of rotatable bonds is 9. The fourth-order valence-corrected chi connectivity index (χ4v) is 4.19. The highest BCUT2D eigenvalue weighted by Gasteiger charge is 2.45. The molecule has 0 bridgehead atoms. The molecule has 1 aliphatic rings. The Morgan fingerprint density at radius 1 is 1.17 bits per heavy atom. The summed E-state index contributed by atoms with van der Waals surface area (Å²) in [6.45, 7) is 11.0. The number of benzene rings is 1. The van der Waals surface area contributed by atoms with E-state index in [1.54, 1.807) is 49.6 Å². The van der Waals surface area contributed by atoms with Gasteiger partial charge in [0.1, 0.15) is 17.7 Å². The van der Waals surface area contributed by atoms with Crippen molar-refractivity contribution in [2.45, 2.75) is 90.1 Å². The monoisotopic (exact) mass is 501 g/mol. The SMILES string of the molecule is C#Cc1ccccc1C(C(=O)NC(C)(C)C)N(C(=O)C(CCSC)NC(=O)OC(C)(C)C)C1CC1. The lowest BCUT2D eigenvalue weighted by Gasteiger charge is -2.36. The van der Waals surface area contributed by atoms with Crippen molar-refractivity contribution in [3.8, 4) is 12.3 Å². The number of nitrogens with zero attached hydrogens (tertiary/aromatic N) is 1. The summed E-state index contributed by atoms with van der Waals surface area (Å²) in [4.78, 5) is 41.9. The minimum atomic E-state index is -0.918. The molecule has 192 valence electrons. The number of carbonyl (C=O) groups is 3. The average Bonchev–Trinajstić information content (AvgIpc) is 3.56. The zero-order valence-corrected chi connectivity index (χ0v) is 22.8. The molecule has 1 aromatic rings. The van der Waals surface area contributed by atoms with Crippen molar-refractivity contribution in [3.63, 3.8) is 0 Å². The van der Waals surface area contributed by atoms with Crippen LogP contribution in [-0.2, 0) is 14.3 Å². The highest BCUT2D eigenvalue weighted by atomic mass is 32.2. The largest absolute Gasteiger partial charge is 0.444 e. The summed E-state index contributed by atoms with van der Waals surface area (Å²) in [5.74, 6) is 2.70. The van der Waals surface area contributed by atoms with E-state index in [0.29, 0.717) is 23.3 Å². The van der Waals surface area contributed by atoms with Gasteiger partial charge in [0, 0.05) is 17.1 Å². The molecule has 0 saturated heterocycles. The highest BCUT2D eigenvalue weighted by Crippen LogP contribution is 2.37. The van der Waals surface area contributed by atoms with Crippen molar-refractivity contribution in [2.24, 2.45) is 0 Å². The molecule has 35 heavy (non-hydrogen) atoms. The van der Waals surface area contributed by atoms with Crippen LogP contribution in [0.15, 0.2) is 24.3 Å². The first-order valence-electron chi connectivity index (χ1n) is 12.0. The van der Waals surface area contributed by atoms with E-state index in [-0.39, 0.29) is 17.9 Å². The lowest BCUT2D eigenvalue weighted by Crippen LogP contribution is -2.55. The lowest BCUT2D eigenvalue weighted by molar-refractivity contribution is -0.143. The van der Waals surface area contributed by atoms with Crippen LogP contribution in [0.25, 0.3) is 0 Å². The zero-order valence-electron chi connectivity index (χ0n) is 21.9. The second-order valence-corrected chi connectivity index (χ2v) is 11.8. The Balaban J connectivity index is 2.50. The van der Waals surface area contributed by atoms with Gasteiger partial charge in [0.05, 0.1) is 0 Å². The number of thioether (sulfide) groups is 1. The minimum absolute atomic E-state index is 0.110. The van der Waals surface area contributed by atoms with Gasteiger partial charge in [-0.25, -0.2) is 4.79 Å². The van der Waals surface area contributed by atoms with E-state index in [1.165, 1.54) is 0 Å². The van der Waals surface area contributed by atoms with Crippen LogP contribution in [0.5, 0.6) is 0 Å². The van der Waals surface area contributed by atoms with Crippen molar-refractivity contribution >= 4 is 29.7 Å². The first-order chi connectivity index (χ1) is 16.3. The van der Waals surface area contributed by atoms with Crippen LogP contribution in [-0.4, -0.2) is 58.0 Å². The number of nitrogens with one attached hydrogen (secondary N) is 2. The van der Waals surface area contributed by atoms with Crippen LogP contribution >= 0.6 is 11.8 Å². The maximum atomic E-state index is 14.0. The maximum Gasteiger partial charge on any atom is 0.408 e. The number of hydrogen-bond donors (Lipinski definition) is 2. The van der Waals surface area contributed by atoms with Crippen molar-refractivity contribution in [1.82, 2.24) is 15.5 Å². The van der Waals surface area contributed by atoms with Gasteiger partial charge in [-0.3, -0.25) is 9.59 Å². The van der Waals surface area contributed by atoms with E-state index >= 15 is 0 Å². The fourth-order valence-electron chi connectivity index (χ4n) is 3.72. The molecule has 0 radical (unpaired) electrons. The summed E-state index contributed by atoms with van der Waals surface area (Å²) >= 11 is 1.58. The second-order valence-electron chi connectivity index (χ2n) is 10.8. The first kappa shape index (κ1) is 28.6. The van der Waals surface area contributed by atoms with E-state index in [4.69, 9.17) is 11.2 Å². The summed E-state index contributed by atoms with van der Waals surface area (Å²) in [6.07, 6.45) is 9.03. The number of amides is 3. The van der Waals surface area contributed by atoms with Crippen LogP contribution in [0.4, 0.5) is 4.79 Å². The minimum Gasteiger partial charge on any atom is -0.444 e. The molecule has 3 amide bonds. The molecule has 1 aliphatic carbocycles. The Labute approximate surface area is 214 Å². The van der Waals surface area contributed by atoms with Crippen LogP contribution in [0.2, 0.25) is 0 Å². The van der Waals surface area contributed by atoms with Crippen molar-refractivity contribution in [1.29, 1.82) is 0 Å². The third kappa shape index (κ3) is 8.81. The smallest absolute Gasteiger partial charge is 0.408 e. The molecule has 0 spiro atoms. The summed E-state index contributed by atoms with van der Waals surface area (Å²) in [5, 5.41) is 5.78. The number of carbonyl (C=O) groups excluding carboxylic acids is 3. The Hall–Kier alpha value is -2.66. The summed E-state index contributed by atoms with van der Waals surface area (Å²) < 4.78 is 5.42. The maximum absolute atomic E-state index is 14.0. The number of ether oxygens (including phenoxy) is 1. The van der Waals surface area contributed by atoms with Gasteiger partial charge in [-0.2, -0.15) is 11.8 Å². The van der Waals surface area contributed by atoms with Gasteiger partial charge >= 0.3 is 6.09 Å². The number of terminal acetylenes is 1. The summed E-state index contributed by atoms with van der Waals surface area (Å²) in [6, 6.07) is 5.33. The third-order valence-corrected chi connectivity index (χ3v) is 5.87. The quantitative estimate of drug-likeness (QED) is 0.494. The van der Waals surface area contributed by atoms with Gasteiger partial charge in [0.25, 0.3) is 0 Å². The molecule has 7 nitrogen and oxygen atoms in total. The van der Waals surface area contributed by atoms with Gasteiger partial charge in [0.15, 0.2) is 0 Å². The Morgan fingerprint density at radius 2 is 1.80 bits per heavy atom. The molecule has 1 saturated carbocycles. The average molecular weight is 502 g/mol. The van der Waals surface area contributed by atoms with E-state index in [0.717, 1.165) is 12.8 Å². The fraction of sp³-hybridized carbons (Fsp3) is 0.593. The van der Waals surface area contributed by atoms with Gasteiger partial charge in [-0.15, -0.1) is 6.42 Å².